The van der Waals surface area contributed by atoms with Crippen LogP contribution >= 0.6 is 0 Å². The second-order valence-electron chi connectivity index (χ2n) is 3.31. The van der Waals surface area contributed by atoms with E-state index in [4.69, 9.17) is 0 Å². The van der Waals surface area contributed by atoms with Crippen molar-refractivity contribution < 1.29 is 25.8 Å². The van der Waals surface area contributed by atoms with E-state index < -0.39 is 29.3 Å². The van der Waals surface area contributed by atoms with Crippen LogP contribution in [0.25, 0.3) is 0 Å². The standard InChI is InChI=1S/C10H11F3O3S/c11-10(12,13)7-4-8-16-17(14,15)9-5-2-1-3-6-9/h1-3,5-6H,4,7-8H2. The van der Waals surface area contributed by atoms with Gasteiger partial charge in [0.05, 0.1) is 11.5 Å². The maximum Gasteiger partial charge on any atom is 0.389 e. The van der Waals surface area contributed by atoms with Crippen molar-refractivity contribution in [2.24, 2.45) is 0 Å². The number of hydrogen-bond acceptors (Lipinski definition) is 3. The second-order valence-corrected chi connectivity index (χ2v) is 4.92. The Balaban J connectivity index is 2.47. The van der Waals surface area contributed by atoms with E-state index in [1.54, 1.807) is 6.07 Å². The smallest absolute Gasteiger partial charge is 0.266 e. The Morgan fingerprint density at radius 2 is 1.71 bits per heavy atom. The summed E-state index contributed by atoms with van der Waals surface area (Å²) in [5.41, 5.74) is 0. The topological polar surface area (TPSA) is 43.4 Å². The molecule has 0 saturated heterocycles. The second kappa shape index (κ2) is 5.50. The molecule has 96 valence electrons. The van der Waals surface area contributed by atoms with Gasteiger partial charge in [0.15, 0.2) is 0 Å². The maximum absolute atomic E-state index is 11.8. The van der Waals surface area contributed by atoms with Crippen molar-refractivity contribution in [3.63, 3.8) is 0 Å². The fraction of sp³-hybridized carbons (Fsp3) is 0.400. The largest absolute Gasteiger partial charge is 0.389 e. The van der Waals surface area contributed by atoms with E-state index in [1.165, 1.54) is 24.3 Å². The summed E-state index contributed by atoms with van der Waals surface area (Å²) in [7, 11) is -3.95. The van der Waals surface area contributed by atoms with Gasteiger partial charge >= 0.3 is 6.18 Å². The van der Waals surface area contributed by atoms with Crippen LogP contribution in [0.15, 0.2) is 35.2 Å². The molecule has 3 nitrogen and oxygen atoms in total. The predicted octanol–water partition coefficient (Wildman–Crippen LogP) is 2.73. The third kappa shape index (κ3) is 5.18. The van der Waals surface area contributed by atoms with Gasteiger partial charge in [0, 0.05) is 6.42 Å². The Labute approximate surface area is 97.3 Å². The van der Waals surface area contributed by atoms with Gasteiger partial charge in [0.1, 0.15) is 0 Å². The lowest BCUT2D eigenvalue weighted by molar-refractivity contribution is -0.136. The average molecular weight is 268 g/mol. The van der Waals surface area contributed by atoms with Crippen LogP contribution in [0.5, 0.6) is 0 Å². The highest BCUT2D eigenvalue weighted by Gasteiger charge is 2.26. The first-order valence-corrected chi connectivity index (χ1v) is 6.23. The Kier molecular flexibility index (Phi) is 4.53. The third-order valence-corrected chi connectivity index (χ3v) is 3.20. The van der Waals surface area contributed by atoms with Crippen molar-refractivity contribution in [3.8, 4) is 0 Å². The monoisotopic (exact) mass is 268 g/mol. The summed E-state index contributed by atoms with van der Waals surface area (Å²) in [6.45, 7) is -0.475. The molecule has 0 atom stereocenters. The molecule has 0 aliphatic heterocycles. The minimum atomic E-state index is -4.29. The van der Waals surface area contributed by atoms with E-state index in [-0.39, 0.29) is 11.3 Å². The molecule has 0 fully saturated rings. The molecule has 1 rings (SSSR count). The molecular formula is C10H11F3O3S. The molecule has 7 heteroatoms. The van der Waals surface area contributed by atoms with Gasteiger partial charge in [-0.3, -0.25) is 4.18 Å². The SMILES string of the molecule is O=S(=O)(OCCCC(F)(F)F)c1ccccc1. The zero-order valence-corrected chi connectivity index (χ0v) is 9.59. The quantitative estimate of drug-likeness (QED) is 0.609. The molecule has 0 aliphatic rings. The van der Waals surface area contributed by atoms with Crippen LogP contribution in [0.1, 0.15) is 12.8 Å². The van der Waals surface area contributed by atoms with Gasteiger partial charge in [0.2, 0.25) is 0 Å². The van der Waals surface area contributed by atoms with Gasteiger partial charge in [0.25, 0.3) is 10.1 Å². The van der Waals surface area contributed by atoms with E-state index in [2.05, 4.69) is 4.18 Å². The molecule has 1 aromatic carbocycles. The summed E-state index contributed by atoms with van der Waals surface area (Å²) in [6, 6.07) is 7.28. The molecule has 0 amide bonds. The van der Waals surface area contributed by atoms with E-state index in [1.807, 2.05) is 0 Å². The van der Waals surface area contributed by atoms with Crippen LogP contribution in [0, 0.1) is 0 Å². The zero-order valence-electron chi connectivity index (χ0n) is 8.77. The van der Waals surface area contributed by atoms with Crippen LogP contribution in [0.4, 0.5) is 13.2 Å². The van der Waals surface area contributed by atoms with E-state index in [9.17, 15) is 21.6 Å². The highest BCUT2D eigenvalue weighted by molar-refractivity contribution is 7.86. The molecule has 0 saturated carbocycles. The summed E-state index contributed by atoms with van der Waals surface area (Å²) < 4.78 is 62.8. The van der Waals surface area contributed by atoms with Crippen LogP contribution in [0.2, 0.25) is 0 Å². The summed E-state index contributed by atoms with van der Waals surface area (Å²) in [5, 5.41) is 0. The minimum absolute atomic E-state index is 0.0630. The summed E-state index contributed by atoms with van der Waals surface area (Å²) in [6.07, 6.45) is -5.73. The summed E-state index contributed by atoms with van der Waals surface area (Å²) >= 11 is 0. The molecular weight excluding hydrogens is 257 g/mol. The van der Waals surface area contributed by atoms with Gasteiger partial charge in [-0.1, -0.05) is 18.2 Å². The minimum Gasteiger partial charge on any atom is -0.266 e. The average Bonchev–Trinajstić information content (AvgIpc) is 2.25. The molecule has 0 N–H and O–H groups in total. The summed E-state index contributed by atoms with van der Waals surface area (Å²) in [5.74, 6) is 0. The van der Waals surface area contributed by atoms with Crippen LogP contribution in [-0.4, -0.2) is 21.2 Å². The van der Waals surface area contributed by atoms with E-state index in [0.717, 1.165) is 0 Å². The van der Waals surface area contributed by atoms with Gasteiger partial charge < -0.3 is 0 Å². The fourth-order valence-corrected chi connectivity index (χ4v) is 2.06. The lowest BCUT2D eigenvalue weighted by atomic mass is 10.3. The highest BCUT2D eigenvalue weighted by Crippen LogP contribution is 2.21. The first kappa shape index (κ1) is 14.0. The summed E-state index contributed by atoms with van der Waals surface area (Å²) in [4.78, 5) is -0.0630. The third-order valence-electron chi connectivity index (χ3n) is 1.87. The molecule has 1 aromatic rings. The normalized spacial score (nSPS) is 12.6. The van der Waals surface area contributed by atoms with Crippen LogP contribution < -0.4 is 0 Å². The molecule has 0 aliphatic carbocycles. The van der Waals surface area contributed by atoms with Crippen LogP contribution in [0.3, 0.4) is 0 Å². The van der Waals surface area contributed by atoms with Gasteiger partial charge in [-0.25, -0.2) is 0 Å². The van der Waals surface area contributed by atoms with Crippen LogP contribution in [-0.2, 0) is 14.3 Å². The Hall–Kier alpha value is -1.08. The van der Waals surface area contributed by atoms with Gasteiger partial charge in [-0.15, -0.1) is 0 Å². The van der Waals surface area contributed by atoms with E-state index >= 15 is 0 Å². The van der Waals surface area contributed by atoms with Crippen molar-refractivity contribution in [3.05, 3.63) is 30.3 Å². The molecule has 0 radical (unpaired) electrons. The number of halogens is 3. The predicted molar refractivity (Wildman–Crippen MR) is 54.9 cm³/mol. The fourth-order valence-electron chi connectivity index (χ4n) is 1.10. The Morgan fingerprint density at radius 3 is 2.24 bits per heavy atom. The van der Waals surface area contributed by atoms with Gasteiger partial charge in [-0.2, -0.15) is 21.6 Å². The van der Waals surface area contributed by atoms with Crippen molar-refractivity contribution >= 4 is 10.1 Å². The molecule has 0 aromatic heterocycles. The molecule has 0 unspecified atom stereocenters. The number of rotatable bonds is 5. The number of alkyl halides is 3. The molecule has 17 heavy (non-hydrogen) atoms. The van der Waals surface area contributed by atoms with Crippen molar-refractivity contribution in [2.75, 3.05) is 6.61 Å². The first-order chi connectivity index (χ1) is 7.81. The molecule has 0 spiro atoms. The highest BCUT2D eigenvalue weighted by atomic mass is 32.2. The van der Waals surface area contributed by atoms with E-state index in [0.29, 0.717) is 0 Å². The Morgan fingerprint density at radius 1 is 1.12 bits per heavy atom. The molecule has 0 bridgehead atoms. The number of hydrogen-bond donors (Lipinski definition) is 0. The first-order valence-electron chi connectivity index (χ1n) is 4.82. The number of benzene rings is 1. The van der Waals surface area contributed by atoms with Crippen molar-refractivity contribution in [2.45, 2.75) is 23.9 Å². The lowest BCUT2D eigenvalue weighted by Crippen LogP contribution is -2.12. The molecule has 0 heterocycles. The lowest BCUT2D eigenvalue weighted by Gasteiger charge is -2.07. The van der Waals surface area contributed by atoms with Crippen molar-refractivity contribution in [1.29, 1.82) is 0 Å². The maximum atomic E-state index is 11.8. The van der Waals surface area contributed by atoms with Crippen molar-refractivity contribution in [1.82, 2.24) is 0 Å². The Bertz CT molecular complexity index is 440. The van der Waals surface area contributed by atoms with Gasteiger partial charge in [-0.05, 0) is 18.6 Å². The zero-order chi connectivity index (χ0) is 12.9.